The van der Waals surface area contributed by atoms with Crippen molar-refractivity contribution in [2.24, 2.45) is 5.41 Å². The molecular weight excluding hydrogens is 727 g/mol. The highest BCUT2D eigenvalue weighted by atomic mass is 16.3. The van der Waals surface area contributed by atoms with Crippen LogP contribution in [0.25, 0.3) is 11.0 Å². The van der Waals surface area contributed by atoms with E-state index >= 15 is 0 Å². The van der Waals surface area contributed by atoms with Gasteiger partial charge in [0.2, 0.25) is 0 Å². The molecule has 0 unspecified atom stereocenters. The summed E-state index contributed by atoms with van der Waals surface area (Å²) in [6.45, 7) is 41.7. The molecule has 60 heavy (non-hydrogen) atoms. The molecule has 2 aliphatic heterocycles. The van der Waals surface area contributed by atoms with E-state index in [9.17, 15) is 0 Å². The van der Waals surface area contributed by atoms with Crippen LogP contribution in [0.5, 0.6) is 0 Å². The van der Waals surface area contributed by atoms with Gasteiger partial charge in [-0.15, -0.1) is 0 Å². The zero-order valence-corrected chi connectivity index (χ0v) is 39.7. The highest BCUT2D eigenvalue weighted by molar-refractivity contribution is 7.00. The summed E-state index contributed by atoms with van der Waals surface area (Å²) in [7, 11) is 0. The first-order valence-corrected chi connectivity index (χ1v) is 22.5. The van der Waals surface area contributed by atoms with Crippen LogP contribution in [0.2, 0.25) is 0 Å². The quantitative estimate of drug-likeness (QED) is 0.128. The van der Waals surface area contributed by atoms with E-state index in [0.29, 0.717) is 5.92 Å². The molecule has 3 aliphatic rings. The SMILES string of the molecule is C=C/C(=C\C=C(/C)C(C)(C)C)N1c2cc(C(C)C)cc3c2B(c2cc4c(cc2N3c2ccc(C(C)(C)C)cc2)C(C)(C)CCC4(C)C)c2oc3ccc(C(C)(C)C)cc3c21. The topological polar surface area (TPSA) is 19.6 Å². The number of rotatable bonds is 5. The monoisotopic (exact) mass is 797 g/mol. The summed E-state index contributed by atoms with van der Waals surface area (Å²) in [6.07, 6.45) is 8.92. The molecule has 0 N–H and O–H groups in total. The van der Waals surface area contributed by atoms with Gasteiger partial charge in [-0.3, -0.25) is 0 Å². The Morgan fingerprint density at radius 1 is 0.733 bits per heavy atom. The predicted molar refractivity (Wildman–Crippen MR) is 262 cm³/mol. The van der Waals surface area contributed by atoms with Gasteiger partial charge in [0.15, 0.2) is 0 Å². The van der Waals surface area contributed by atoms with Gasteiger partial charge >= 0.3 is 0 Å². The zero-order chi connectivity index (χ0) is 43.6. The van der Waals surface area contributed by atoms with Gasteiger partial charge in [0.05, 0.1) is 11.3 Å². The summed E-state index contributed by atoms with van der Waals surface area (Å²) in [6, 6.07) is 26.4. The van der Waals surface area contributed by atoms with Gasteiger partial charge in [-0.25, -0.2) is 0 Å². The van der Waals surface area contributed by atoms with Crippen LogP contribution >= 0.6 is 0 Å². The molecule has 0 spiro atoms. The van der Waals surface area contributed by atoms with E-state index in [2.05, 4.69) is 206 Å². The third-order valence-corrected chi connectivity index (χ3v) is 14.3. The fraction of sp³-hybridized carbons (Fsp3) is 0.429. The van der Waals surface area contributed by atoms with Gasteiger partial charge in [0.1, 0.15) is 5.58 Å². The second-order valence-electron chi connectivity index (χ2n) is 22.9. The predicted octanol–water partition coefficient (Wildman–Crippen LogP) is 14.3. The van der Waals surface area contributed by atoms with Crippen LogP contribution in [0.1, 0.15) is 157 Å². The molecule has 0 bridgehead atoms. The van der Waals surface area contributed by atoms with Crippen molar-refractivity contribution < 1.29 is 4.42 Å². The van der Waals surface area contributed by atoms with Crippen LogP contribution in [0.3, 0.4) is 0 Å². The summed E-state index contributed by atoms with van der Waals surface area (Å²) in [5.74, 6) is 0.302. The maximum Gasteiger partial charge on any atom is 0.297 e. The van der Waals surface area contributed by atoms with E-state index in [1.807, 2.05) is 6.08 Å². The van der Waals surface area contributed by atoms with E-state index in [1.54, 1.807) is 0 Å². The van der Waals surface area contributed by atoms with E-state index in [-0.39, 0.29) is 33.8 Å². The van der Waals surface area contributed by atoms with E-state index in [0.717, 1.165) is 40.9 Å². The molecule has 4 heteroatoms. The van der Waals surface area contributed by atoms with Crippen LogP contribution in [0, 0.1) is 5.41 Å². The lowest BCUT2D eigenvalue weighted by Crippen LogP contribution is -2.61. The second-order valence-corrected chi connectivity index (χ2v) is 22.9. The largest absolute Gasteiger partial charge is 0.468 e. The lowest BCUT2D eigenvalue weighted by atomic mass is 9.35. The van der Waals surface area contributed by atoms with Crippen molar-refractivity contribution in [1.82, 2.24) is 0 Å². The van der Waals surface area contributed by atoms with Gasteiger partial charge in [-0.2, -0.15) is 0 Å². The van der Waals surface area contributed by atoms with Gasteiger partial charge in [0.25, 0.3) is 6.71 Å². The molecule has 1 aromatic heterocycles. The maximum atomic E-state index is 7.34. The molecule has 1 aliphatic carbocycles. The Bertz CT molecular complexity index is 2610. The molecule has 3 nitrogen and oxygen atoms in total. The number of hydrogen-bond acceptors (Lipinski definition) is 3. The van der Waals surface area contributed by atoms with Crippen LogP contribution in [-0.4, -0.2) is 6.71 Å². The number of allylic oxidation sites excluding steroid dienone is 4. The van der Waals surface area contributed by atoms with Crippen molar-refractivity contribution in [3.8, 4) is 0 Å². The fourth-order valence-corrected chi connectivity index (χ4v) is 9.71. The molecule has 312 valence electrons. The molecule has 0 saturated heterocycles. The van der Waals surface area contributed by atoms with Crippen molar-refractivity contribution in [3.05, 3.63) is 131 Å². The van der Waals surface area contributed by atoms with Gasteiger partial charge in [0, 0.05) is 33.8 Å². The number of benzene rings is 4. The minimum absolute atomic E-state index is 0.0324. The Hall–Kier alpha value is -4.70. The number of hydrogen-bond donors (Lipinski definition) is 0. The summed E-state index contributed by atoms with van der Waals surface area (Å²) < 4.78 is 7.34. The average molecular weight is 797 g/mol. The minimum atomic E-state index is -0.114. The molecule has 3 heterocycles. The Labute approximate surface area is 362 Å². The Morgan fingerprint density at radius 3 is 1.88 bits per heavy atom. The van der Waals surface area contributed by atoms with E-state index in [4.69, 9.17) is 4.42 Å². The second kappa shape index (κ2) is 13.9. The lowest BCUT2D eigenvalue weighted by molar-refractivity contribution is 0.332. The standard InChI is InChI=1S/C56H69BN2O/c1-18-39(23-19-35(4)52(5,6)7)59-47-30-36(34(2)3)29-46-49(47)57(51-50(59)41-31-38(54(11,12)13)22-26-48(41)60-51)44-32-42-43(56(16,17)28-27-55(42,14)15)33-45(44)58(46)40-24-20-37(21-25-40)53(8,9)10/h18-26,29-34H,1,27-28H2,2-17H3/b35-19+,39-23+. The third-order valence-electron chi connectivity index (χ3n) is 14.3. The van der Waals surface area contributed by atoms with Crippen molar-refractivity contribution >= 4 is 62.7 Å². The molecule has 4 aromatic carbocycles. The molecule has 0 radical (unpaired) electrons. The highest BCUT2D eigenvalue weighted by Crippen LogP contribution is 2.51. The van der Waals surface area contributed by atoms with Crippen LogP contribution in [0.15, 0.2) is 107 Å². The Morgan fingerprint density at radius 2 is 1.32 bits per heavy atom. The van der Waals surface area contributed by atoms with Gasteiger partial charge < -0.3 is 14.2 Å². The molecular formula is C56H69BN2O. The fourth-order valence-electron chi connectivity index (χ4n) is 9.71. The maximum absolute atomic E-state index is 7.34. The van der Waals surface area contributed by atoms with Crippen LogP contribution in [-0.2, 0) is 21.7 Å². The summed E-state index contributed by atoms with van der Waals surface area (Å²) in [5.41, 5.74) is 19.9. The van der Waals surface area contributed by atoms with Crippen LogP contribution in [0.4, 0.5) is 28.4 Å². The van der Waals surface area contributed by atoms with Gasteiger partial charge in [-0.1, -0.05) is 146 Å². The first-order valence-electron chi connectivity index (χ1n) is 22.5. The van der Waals surface area contributed by atoms with E-state index in [1.165, 1.54) is 67.1 Å². The molecule has 0 atom stereocenters. The van der Waals surface area contributed by atoms with Crippen molar-refractivity contribution in [3.63, 3.8) is 0 Å². The van der Waals surface area contributed by atoms with Crippen molar-refractivity contribution in [2.75, 3.05) is 9.80 Å². The summed E-state index contributed by atoms with van der Waals surface area (Å²) in [4.78, 5) is 5.08. The van der Waals surface area contributed by atoms with E-state index < -0.39 is 0 Å². The van der Waals surface area contributed by atoms with Gasteiger partial charge in [-0.05, 0) is 146 Å². The Balaban J connectivity index is 1.54. The van der Waals surface area contributed by atoms with Crippen LogP contribution < -0.4 is 26.4 Å². The first-order chi connectivity index (χ1) is 27.8. The Kier molecular flexibility index (Phi) is 9.74. The molecule has 5 aromatic rings. The molecule has 8 rings (SSSR count). The molecule has 0 fully saturated rings. The number of nitrogens with zero attached hydrogens (tertiary/aromatic N) is 2. The average Bonchev–Trinajstić information content (AvgIpc) is 3.54. The number of fused-ring (bicyclic) bond motifs is 7. The number of furan rings is 1. The summed E-state index contributed by atoms with van der Waals surface area (Å²) in [5, 5.41) is 1.14. The van der Waals surface area contributed by atoms with Crippen molar-refractivity contribution in [2.45, 2.75) is 151 Å². The highest BCUT2D eigenvalue weighted by Gasteiger charge is 2.49. The smallest absolute Gasteiger partial charge is 0.297 e. The summed E-state index contributed by atoms with van der Waals surface area (Å²) >= 11 is 0. The lowest BCUT2D eigenvalue weighted by Gasteiger charge is -2.47. The number of anilines is 5. The third kappa shape index (κ3) is 6.81. The molecule has 0 saturated carbocycles. The normalized spacial score (nSPS) is 17.4. The minimum Gasteiger partial charge on any atom is -0.468 e. The molecule has 0 amide bonds. The van der Waals surface area contributed by atoms with Crippen molar-refractivity contribution in [1.29, 1.82) is 0 Å². The zero-order valence-electron chi connectivity index (χ0n) is 39.7. The first kappa shape index (κ1) is 42.0.